The van der Waals surface area contributed by atoms with E-state index in [2.05, 4.69) is 41.1 Å². The first-order valence-corrected chi connectivity index (χ1v) is 10.3. The molecule has 5 heteroatoms. The fourth-order valence-electron chi connectivity index (χ4n) is 3.89. The number of carbonyl (C=O) groups is 2. The first-order valence-electron chi connectivity index (χ1n) is 10.3. The van der Waals surface area contributed by atoms with Crippen LogP contribution in [-0.2, 0) is 16.0 Å². The second-order valence-electron chi connectivity index (χ2n) is 7.47. The van der Waals surface area contributed by atoms with Crippen molar-refractivity contribution in [1.29, 1.82) is 0 Å². The van der Waals surface area contributed by atoms with Crippen LogP contribution in [0, 0.1) is 0 Å². The Kier molecular flexibility index (Phi) is 4.64. The van der Waals surface area contributed by atoms with Crippen LogP contribution >= 0.6 is 0 Å². The van der Waals surface area contributed by atoms with Crippen LogP contribution in [0.1, 0.15) is 18.2 Å². The lowest BCUT2D eigenvalue weighted by Gasteiger charge is -2.13. The summed E-state index contributed by atoms with van der Waals surface area (Å²) in [5, 5.41) is 1.30. The van der Waals surface area contributed by atoms with Crippen molar-refractivity contribution in [2.24, 2.45) is 0 Å². The molecule has 1 aliphatic heterocycles. The maximum absolute atomic E-state index is 13.1. The molecule has 1 saturated heterocycles. The summed E-state index contributed by atoms with van der Waals surface area (Å²) in [5.74, 6) is -0.772. The highest BCUT2D eigenvalue weighted by atomic mass is 16.2. The summed E-state index contributed by atoms with van der Waals surface area (Å²) in [6, 6.07) is 25.4. The minimum Gasteiger partial charge on any atom is -0.316 e. The van der Waals surface area contributed by atoms with Crippen LogP contribution in [0.25, 0.3) is 22.7 Å². The number of nitrogens with zero attached hydrogens (tertiary/aromatic N) is 2. The summed E-state index contributed by atoms with van der Waals surface area (Å²) in [6.45, 7) is 2.10. The van der Waals surface area contributed by atoms with Gasteiger partial charge in [-0.05, 0) is 47.9 Å². The molecule has 152 valence electrons. The Morgan fingerprint density at radius 3 is 2.32 bits per heavy atom. The van der Waals surface area contributed by atoms with Crippen LogP contribution in [0.5, 0.6) is 0 Å². The zero-order chi connectivity index (χ0) is 21.4. The van der Waals surface area contributed by atoms with E-state index < -0.39 is 5.91 Å². The van der Waals surface area contributed by atoms with E-state index in [0.29, 0.717) is 5.69 Å². The van der Waals surface area contributed by atoms with Gasteiger partial charge in [-0.2, -0.15) is 0 Å². The van der Waals surface area contributed by atoms with Gasteiger partial charge in [0.15, 0.2) is 0 Å². The van der Waals surface area contributed by atoms with Crippen molar-refractivity contribution >= 4 is 29.1 Å². The Balaban J connectivity index is 1.68. The Morgan fingerprint density at radius 2 is 1.61 bits per heavy atom. The minimum atomic E-state index is -0.408. The van der Waals surface area contributed by atoms with Gasteiger partial charge in [0.25, 0.3) is 11.8 Å². The lowest BCUT2D eigenvalue weighted by atomic mass is 10.0. The molecule has 5 nitrogen and oxygen atoms in total. The molecule has 31 heavy (non-hydrogen) atoms. The fraction of sp³-hybridized carbons (Fsp3) is 0.0769. The number of carbonyl (C=O) groups excluding carboxylic acids is 2. The van der Waals surface area contributed by atoms with Crippen molar-refractivity contribution in [3.63, 3.8) is 0 Å². The van der Waals surface area contributed by atoms with E-state index >= 15 is 0 Å². The zero-order valence-corrected chi connectivity index (χ0v) is 17.1. The second kappa shape index (κ2) is 7.61. The van der Waals surface area contributed by atoms with Crippen LogP contribution < -0.4 is 10.4 Å². The van der Waals surface area contributed by atoms with Gasteiger partial charge >= 0.3 is 0 Å². The third kappa shape index (κ3) is 3.30. The van der Waals surface area contributed by atoms with E-state index in [-0.39, 0.29) is 11.5 Å². The third-order valence-corrected chi connectivity index (χ3v) is 5.55. The fourth-order valence-corrected chi connectivity index (χ4v) is 3.89. The molecule has 2 aromatic heterocycles. The Bertz CT molecular complexity index is 1320. The molecule has 5 rings (SSSR count). The van der Waals surface area contributed by atoms with E-state index in [9.17, 15) is 9.59 Å². The number of hydrogen-bond acceptors (Lipinski definition) is 2. The van der Waals surface area contributed by atoms with Gasteiger partial charge in [-0.15, -0.1) is 0 Å². The van der Waals surface area contributed by atoms with E-state index in [1.165, 1.54) is 10.6 Å². The van der Waals surface area contributed by atoms with Gasteiger partial charge in [0.05, 0.1) is 11.4 Å². The highest BCUT2D eigenvalue weighted by Gasteiger charge is 2.34. The van der Waals surface area contributed by atoms with Gasteiger partial charge in [0, 0.05) is 17.3 Å². The molecule has 1 aliphatic rings. The van der Waals surface area contributed by atoms with Crippen LogP contribution in [0.15, 0.2) is 90.6 Å². The molecule has 0 radical (unpaired) electrons. The van der Waals surface area contributed by atoms with Crippen molar-refractivity contribution in [3.8, 4) is 11.1 Å². The van der Waals surface area contributed by atoms with Crippen LogP contribution in [0.2, 0.25) is 0 Å². The average molecular weight is 407 g/mol. The smallest absolute Gasteiger partial charge is 0.282 e. The summed E-state index contributed by atoms with van der Waals surface area (Å²) >= 11 is 0. The van der Waals surface area contributed by atoms with Crippen LogP contribution in [-0.4, -0.2) is 16.2 Å². The molecule has 1 N–H and O–H groups in total. The van der Waals surface area contributed by atoms with E-state index in [1.807, 2.05) is 48.5 Å². The molecular formula is C26H21N3O2. The molecule has 0 saturated carbocycles. The molecule has 0 spiro atoms. The van der Waals surface area contributed by atoms with Crippen LogP contribution in [0.3, 0.4) is 0 Å². The predicted octanol–water partition coefficient (Wildman–Crippen LogP) is 4.63. The van der Waals surface area contributed by atoms with E-state index in [0.717, 1.165) is 28.8 Å². The number of benzene rings is 2. The molecule has 2 amide bonds. The number of aromatic nitrogens is 1. The van der Waals surface area contributed by atoms with Crippen molar-refractivity contribution < 1.29 is 9.59 Å². The standard InChI is InChI=1S/C26H21N3O2/c1-2-18-13-14-21-15-22(19-9-5-3-6-10-19)24(28(21)17-18)16-23-25(30)27-29(26(23)31)20-11-7-4-8-12-20/h3-17H,2H2,1H3,(H,27,30)/b23-16+. The summed E-state index contributed by atoms with van der Waals surface area (Å²) in [7, 11) is 0. The molecule has 4 aromatic rings. The highest BCUT2D eigenvalue weighted by Crippen LogP contribution is 2.31. The van der Waals surface area contributed by atoms with Crippen molar-refractivity contribution in [1.82, 2.24) is 9.83 Å². The van der Waals surface area contributed by atoms with Crippen molar-refractivity contribution in [2.75, 3.05) is 5.01 Å². The van der Waals surface area contributed by atoms with Gasteiger partial charge in [0.1, 0.15) is 5.57 Å². The van der Waals surface area contributed by atoms with Gasteiger partial charge in [0.2, 0.25) is 0 Å². The molecule has 3 heterocycles. The quantitative estimate of drug-likeness (QED) is 0.396. The first kappa shape index (κ1) is 18.9. The Labute approximate surface area is 180 Å². The number of hydrogen-bond donors (Lipinski definition) is 1. The lowest BCUT2D eigenvalue weighted by molar-refractivity contribution is -0.117. The minimum absolute atomic E-state index is 0.114. The second-order valence-corrected chi connectivity index (χ2v) is 7.47. The third-order valence-electron chi connectivity index (χ3n) is 5.55. The van der Waals surface area contributed by atoms with Gasteiger partial charge < -0.3 is 4.40 Å². The van der Waals surface area contributed by atoms with E-state index in [1.54, 1.807) is 18.2 Å². The number of hydrazine groups is 1. The SMILES string of the molecule is CCc1ccc2cc(-c3ccccc3)c(/C=C3\C(=O)NN(c4ccccc4)C3=O)n2c1. The van der Waals surface area contributed by atoms with Crippen molar-refractivity contribution in [3.05, 3.63) is 102 Å². The van der Waals surface area contributed by atoms with Crippen LogP contribution in [0.4, 0.5) is 5.69 Å². The maximum atomic E-state index is 13.1. The predicted molar refractivity (Wildman–Crippen MR) is 122 cm³/mol. The normalized spacial score (nSPS) is 15.1. The number of amides is 2. The number of anilines is 1. The molecule has 2 aromatic carbocycles. The summed E-state index contributed by atoms with van der Waals surface area (Å²) in [4.78, 5) is 25.9. The van der Waals surface area contributed by atoms with Crippen molar-refractivity contribution in [2.45, 2.75) is 13.3 Å². The number of nitrogens with one attached hydrogen (secondary N) is 1. The Hall–Kier alpha value is -4.12. The summed E-state index contributed by atoms with van der Waals surface area (Å²) < 4.78 is 2.06. The van der Waals surface area contributed by atoms with Gasteiger partial charge in [-0.1, -0.05) is 61.5 Å². The molecule has 1 fully saturated rings. The van der Waals surface area contributed by atoms with Gasteiger partial charge in [-0.25, -0.2) is 5.01 Å². The molecule has 0 atom stereocenters. The first-order chi connectivity index (χ1) is 15.2. The molecule has 0 bridgehead atoms. The zero-order valence-electron chi connectivity index (χ0n) is 17.1. The highest BCUT2D eigenvalue weighted by molar-refractivity contribution is 6.31. The number of aryl methyl sites for hydroxylation is 1. The number of pyridine rings is 1. The number of fused-ring (bicyclic) bond motifs is 1. The largest absolute Gasteiger partial charge is 0.316 e. The summed E-state index contributed by atoms with van der Waals surface area (Å²) in [6.07, 6.45) is 4.67. The number of para-hydroxylation sites is 1. The monoisotopic (exact) mass is 407 g/mol. The summed E-state index contributed by atoms with van der Waals surface area (Å²) in [5.41, 5.74) is 8.42. The topological polar surface area (TPSA) is 53.8 Å². The molecule has 0 unspecified atom stereocenters. The molecular weight excluding hydrogens is 386 g/mol. The lowest BCUT2D eigenvalue weighted by Crippen LogP contribution is -2.35. The number of rotatable bonds is 4. The Morgan fingerprint density at radius 1 is 0.903 bits per heavy atom. The maximum Gasteiger partial charge on any atom is 0.282 e. The van der Waals surface area contributed by atoms with E-state index in [4.69, 9.17) is 0 Å². The average Bonchev–Trinajstić information content (AvgIpc) is 3.32. The van der Waals surface area contributed by atoms with Gasteiger partial charge in [-0.3, -0.25) is 15.0 Å². The molecule has 0 aliphatic carbocycles.